The van der Waals surface area contributed by atoms with Crippen LogP contribution in [0.2, 0.25) is 0 Å². The van der Waals surface area contributed by atoms with Gasteiger partial charge in [0.1, 0.15) is 0 Å². The molecule has 0 aliphatic heterocycles. The van der Waals surface area contributed by atoms with Crippen LogP contribution in [0.15, 0.2) is 11.1 Å². The van der Waals surface area contributed by atoms with Crippen molar-refractivity contribution in [2.75, 3.05) is 6.61 Å². The summed E-state index contributed by atoms with van der Waals surface area (Å²) in [6.07, 6.45) is 3.79. The average molecular weight is 165 g/mol. The third-order valence-corrected chi connectivity index (χ3v) is 0.992. The van der Waals surface area contributed by atoms with Crippen molar-refractivity contribution in [2.24, 2.45) is 0 Å². The molecule has 0 unspecified atom stereocenters. The van der Waals surface area contributed by atoms with Gasteiger partial charge in [-0.3, -0.25) is 0 Å². The Bertz CT molecular complexity index is 52.0. The number of halogens is 1. The Hall–Kier alpha value is 0.180. The van der Waals surface area contributed by atoms with Gasteiger partial charge in [-0.2, -0.15) is 0 Å². The van der Waals surface area contributed by atoms with Gasteiger partial charge in [-0.25, -0.2) is 0 Å². The van der Waals surface area contributed by atoms with Crippen molar-refractivity contribution in [3.05, 3.63) is 11.1 Å². The summed E-state index contributed by atoms with van der Waals surface area (Å²) in [5.41, 5.74) is 0. The van der Waals surface area contributed by atoms with Gasteiger partial charge in [0, 0.05) is 6.61 Å². The molecule has 0 aromatic heterocycles. The molecule has 7 heavy (non-hydrogen) atoms. The van der Waals surface area contributed by atoms with E-state index in [2.05, 4.69) is 15.9 Å². The minimum absolute atomic E-state index is 0.289. The Morgan fingerprint density at radius 2 is 2.29 bits per heavy atom. The number of unbranched alkanes of at least 4 members (excludes halogenated alkanes) is 1. The molecular weight excluding hydrogens is 156 g/mol. The van der Waals surface area contributed by atoms with Gasteiger partial charge in [-0.15, -0.1) is 0 Å². The van der Waals surface area contributed by atoms with Gasteiger partial charge in [-0.05, 0) is 17.8 Å². The first-order valence-corrected chi connectivity index (χ1v) is 3.19. The van der Waals surface area contributed by atoms with Crippen LogP contribution >= 0.6 is 15.9 Å². The average Bonchev–Trinajstić information content (AvgIpc) is 1.69. The topological polar surface area (TPSA) is 20.2 Å². The fraction of sp³-hybridized carbons (Fsp3) is 0.600. The molecule has 0 aromatic rings. The molecule has 0 aliphatic carbocycles. The molecule has 0 radical (unpaired) electrons. The summed E-state index contributed by atoms with van der Waals surface area (Å²) >= 11 is 3.12. The minimum Gasteiger partial charge on any atom is -0.396 e. The van der Waals surface area contributed by atoms with Crippen LogP contribution in [-0.2, 0) is 0 Å². The molecule has 1 nitrogen and oxygen atoms in total. The molecule has 0 saturated heterocycles. The summed E-state index contributed by atoms with van der Waals surface area (Å²) in [7, 11) is 0. The van der Waals surface area contributed by atoms with E-state index in [1.165, 1.54) is 0 Å². The maximum Gasteiger partial charge on any atom is 0.0433 e. The van der Waals surface area contributed by atoms with E-state index in [1.54, 1.807) is 0 Å². The largest absolute Gasteiger partial charge is 0.396 e. The molecule has 0 rings (SSSR count). The molecule has 0 atom stereocenters. The predicted molar refractivity (Wildman–Crippen MR) is 34.4 cm³/mol. The van der Waals surface area contributed by atoms with Crippen LogP contribution in [0.5, 0.6) is 0 Å². The first-order valence-electron chi connectivity index (χ1n) is 2.28. The summed E-state index contributed by atoms with van der Waals surface area (Å²) in [5, 5.41) is 8.24. The van der Waals surface area contributed by atoms with Crippen molar-refractivity contribution in [3.63, 3.8) is 0 Å². The first kappa shape index (κ1) is 7.18. The zero-order chi connectivity index (χ0) is 5.54. The van der Waals surface area contributed by atoms with Crippen LogP contribution in [0.25, 0.3) is 0 Å². The highest BCUT2D eigenvalue weighted by molar-refractivity contribution is 9.11. The highest BCUT2D eigenvalue weighted by atomic mass is 79.9. The Morgan fingerprint density at radius 3 is 2.71 bits per heavy atom. The molecule has 42 valence electrons. The smallest absolute Gasteiger partial charge is 0.0433 e. The second kappa shape index (κ2) is 6.18. The SMILES string of the molecule is OCCCC=CBr. The van der Waals surface area contributed by atoms with E-state index in [9.17, 15) is 0 Å². The van der Waals surface area contributed by atoms with Gasteiger partial charge in [0.2, 0.25) is 0 Å². The van der Waals surface area contributed by atoms with Gasteiger partial charge >= 0.3 is 0 Å². The van der Waals surface area contributed by atoms with E-state index in [1.807, 2.05) is 11.1 Å². The van der Waals surface area contributed by atoms with Gasteiger partial charge in [0.25, 0.3) is 0 Å². The molecule has 2 heteroatoms. The van der Waals surface area contributed by atoms with Gasteiger partial charge in [-0.1, -0.05) is 22.0 Å². The number of hydrogen-bond donors (Lipinski definition) is 1. The Kier molecular flexibility index (Phi) is 6.34. The quantitative estimate of drug-likeness (QED) is 0.630. The van der Waals surface area contributed by atoms with E-state index < -0.39 is 0 Å². The van der Waals surface area contributed by atoms with Gasteiger partial charge < -0.3 is 5.11 Å². The monoisotopic (exact) mass is 164 g/mol. The number of aliphatic hydroxyl groups excluding tert-OH is 1. The van der Waals surface area contributed by atoms with Crippen molar-refractivity contribution < 1.29 is 5.11 Å². The molecule has 0 amide bonds. The van der Waals surface area contributed by atoms with Gasteiger partial charge in [0.15, 0.2) is 0 Å². The van der Waals surface area contributed by atoms with E-state index >= 15 is 0 Å². The zero-order valence-corrected chi connectivity index (χ0v) is 5.69. The van der Waals surface area contributed by atoms with Crippen molar-refractivity contribution in [2.45, 2.75) is 12.8 Å². The van der Waals surface area contributed by atoms with Crippen LogP contribution in [0.4, 0.5) is 0 Å². The van der Waals surface area contributed by atoms with Crippen LogP contribution in [-0.4, -0.2) is 11.7 Å². The second-order valence-corrected chi connectivity index (χ2v) is 1.76. The van der Waals surface area contributed by atoms with Crippen LogP contribution in [0.1, 0.15) is 12.8 Å². The van der Waals surface area contributed by atoms with E-state index in [0.29, 0.717) is 0 Å². The van der Waals surface area contributed by atoms with Crippen molar-refractivity contribution in [1.82, 2.24) is 0 Å². The van der Waals surface area contributed by atoms with Crippen molar-refractivity contribution in [1.29, 1.82) is 0 Å². The maximum atomic E-state index is 8.24. The summed E-state index contributed by atoms with van der Waals surface area (Å²) in [4.78, 5) is 1.81. The number of hydrogen-bond acceptors (Lipinski definition) is 1. The molecule has 0 spiro atoms. The third-order valence-electron chi connectivity index (χ3n) is 0.618. The van der Waals surface area contributed by atoms with Crippen molar-refractivity contribution in [3.8, 4) is 0 Å². The van der Waals surface area contributed by atoms with Crippen LogP contribution < -0.4 is 0 Å². The minimum atomic E-state index is 0.289. The number of rotatable bonds is 3. The Labute approximate surface area is 52.2 Å². The highest BCUT2D eigenvalue weighted by Crippen LogP contribution is 1.91. The predicted octanol–water partition coefficient (Wildman–Crippen LogP) is 1.67. The van der Waals surface area contributed by atoms with Crippen LogP contribution in [0, 0.1) is 0 Å². The molecule has 1 N–H and O–H groups in total. The van der Waals surface area contributed by atoms with E-state index in [0.717, 1.165) is 12.8 Å². The molecule has 0 aromatic carbocycles. The lowest BCUT2D eigenvalue weighted by atomic mass is 10.3. The number of allylic oxidation sites excluding steroid dienone is 1. The molecule has 0 aliphatic rings. The summed E-state index contributed by atoms with van der Waals surface area (Å²) in [6.45, 7) is 0.289. The van der Waals surface area contributed by atoms with E-state index in [-0.39, 0.29) is 6.61 Å². The highest BCUT2D eigenvalue weighted by Gasteiger charge is 1.74. The second-order valence-electron chi connectivity index (χ2n) is 1.23. The maximum absolute atomic E-state index is 8.24. The first-order chi connectivity index (χ1) is 3.41. The summed E-state index contributed by atoms with van der Waals surface area (Å²) < 4.78 is 0. The summed E-state index contributed by atoms with van der Waals surface area (Å²) in [5.74, 6) is 0. The van der Waals surface area contributed by atoms with Crippen molar-refractivity contribution >= 4 is 15.9 Å². The standard InChI is InChI=1S/C5H9BrO/c6-4-2-1-3-5-7/h2,4,7H,1,3,5H2. The lowest BCUT2D eigenvalue weighted by Crippen LogP contribution is -1.76. The molecule has 0 heterocycles. The molecular formula is C5H9BrO. The molecule has 0 fully saturated rings. The normalized spacial score (nSPS) is 10.6. The lowest BCUT2D eigenvalue weighted by Gasteiger charge is -1.83. The van der Waals surface area contributed by atoms with Crippen LogP contribution in [0.3, 0.4) is 0 Å². The molecule has 0 saturated carbocycles. The Morgan fingerprint density at radius 1 is 1.57 bits per heavy atom. The lowest BCUT2D eigenvalue weighted by molar-refractivity contribution is 0.289. The van der Waals surface area contributed by atoms with Gasteiger partial charge in [0.05, 0.1) is 0 Å². The summed E-state index contributed by atoms with van der Waals surface area (Å²) in [6, 6.07) is 0. The molecule has 0 bridgehead atoms. The third kappa shape index (κ3) is 6.18. The van der Waals surface area contributed by atoms with E-state index in [4.69, 9.17) is 5.11 Å². The zero-order valence-electron chi connectivity index (χ0n) is 4.10. The Balaban J connectivity index is 2.69. The fourth-order valence-corrected chi connectivity index (χ4v) is 0.536. The fourth-order valence-electron chi connectivity index (χ4n) is 0.272. The number of aliphatic hydroxyl groups is 1.